The van der Waals surface area contributed by atoms with Gasteiger partial charge in [-0.2, -0.15) is 5.26 Å². The second-order valence-electron chi connectivity index (χ2n) is 8.64. The topological polar surface area (TPSA) is 137 Å². The lowest BCUT2D eigenvalue weighted by molar-refractivity contribution is 0.219. The van der Waals surface area contributed by atoms with Crippen molar-refractivity contribution in [2.24, 2.45) is 0 Å². The number of hydrogen-bond donors (Lipinski definition) is 3. The van der Waals surface area contributed by atoms with E-state index in [0.29, 0.717) is 39.8 Å². The van der Waals surface area contributed by atoms with Crippen LogP contribution >= 0.6 is 11.6 Å². The van der Waals surface area contributed by atoms with E-state index in [1.54, 1.807) is 36.5 Å². The zero-order valence-corrected chi connectivity index (χ0v) is 20.7. The van der Waals surface area contributed by atoms with Crippen molar-refractivity contribution in [3.05, 3.63) is 58.7 Å². The summed E-state index contributed by atoms with van der Waals surface area (Å²) in [6.45, 7) is 2.40. The normalized spacial score (nSPS) is 16.8. The lowest BCUT2D eigenvalue weighted by Crippen LogP contribution is -2.28. The third-order valence-electron chi connectivity index (χ3n) is 5.76. The standard InChI is InChI=1S/C24H24ClN5O4S/c1-24(14-31)13-28-22-16(12-26)9-15(10-18(22)24)19-5-6-27-23(29-19)30-20-11-17(25)3-4-21(20)34-7-8-35(2,32)33/h3-6,9-11,28,31H,7-8,13-14H2,1-2H3,(H,27,29,30)/t24-/m1/s1. The number of aliphatic hydroxyl groups excluding tert-OH is 1. The number of aromatic nitrogens is 2. The first-order chi connectivity index (χ1) is 16.6. The first kappa shape index (κ1) is 24.7. The fourth-order valence-corrected chi connectivity index (χ4v) is 4.35. The number of anilines is 3. The minimum Gasteiger partial charge on any atom is -0.490 e. The summed E-state index contributed by atoms with van der Waals surface area (Å²) in [6.07, 6.45) is 2.73. The van der Waals surface area contributed by atoms with Gasteiger partial charge in [-0.15, -0.1) is 0 Å². The number of nitrogens with zero attached hydrogens (tertiary/aromatic N) is 3. The third kappa shape index (κ3) is 5.48. The van der Waals surface area contributed by atoms with Crippen LogP contribution in [0.4, 0.5) is 17.3 Å². The molecule has 0 bridgehead atoms. The van der Waals surface area contributed by atoms with Gasteiger partial charge in [0.25, 0.3) is 0 Å². The molecular weight excluding hydrogens is 490 g/mol. The van der Waals surface area contributed by atoms with Crippen LogP contribution < -0.4 is 15.4 Å². The van der Waals surface area contributed by atoms with Gasteiger partial charge in [0.1, 0.15) is 18.4 Å². The monoisotopic (exact) mass is 513 g/mol. The van der Waals surface area contributed by atoms with Crippen LogP contribution in [0.2, 0.25) is 5.02 Å². The maximum atomic E-state index is 11.4. The van der Waals surface area contributed by atoms with Gasteiger partial charge in [0.15, 0.2) is 9.84 Å². The molecule has 0 aliphatic carbocycles. The Hall–Kier alpha value is -3.39. The van der Waals surface area contributed by atoms with Gasteiger partial charge in [0, 0.05) is 35.0 Å². The molecule has 2 aromatic carbocycles. The van der Waals surface area contributed by atoms with E-state index in [9.17, 15) is 18.8 Å². The summed E-state index contributed by atoms with van der Waals surface area (Å²) < 4.78 is 28.5. The smallest absolute Gasteiger partial charge is 0.227 e. The van der Waals surface area contributed by atoms with Gasteiger partial charge in [-0.1, -0.05) is 18.5 Å². The molecule has 0 saturated heterocycles. The summed E-state index contributed by atoms with van der Waals surface area (Å²) in [6, 6.07) is 12.5. The molecule has 0 unspecified atom stereocenters. The number of fused-ring (bicyclic) bond motifs is 1. The van der Waals surface area contributed by atoms with Crippen molar-refractivity contribution in [2.45, 2.75) is 12.3 Å². The molecule has 1 atom stereocenters. The van der Waals surface area contributed by atoms with E-state index < -0.39 is 15.3 Å². The molecule has 0 radical (unpaired) electrons. The first-order valence-electron chi connectivity index (χ1n) is 10.8. The van der Waals surface area contributed by atoms with E-state index >= 15 is 0 Å². The van der Waals surface area contributed by atoms with Crippen molar-refractivity contribution in [3.8, 4) is 23.1 Å². The van der Waals surface area contributed by atoms with Gasteiger partial charge in [-0.3, -0.25) is 0 Å². The number of benzene rings is 2. The van der Waals surface area contributed by atoms with Crippen molar-refractivity contribution in [2.75, 3.05) is 42.4 Å². The fourth-order valence-electron chi connectivity index (χ4n) is 3.79. The Balaban J connectivity index is 1.65. The van der Waals surface area contributed by atoms with Crippen LogP contribution in [0.1, 0.15) is 18.1 Å². The Kier molecular flexibility index (Phi) is 6.85. The van der Waals surface area contributed by atoms with E-state index in [1.807, 2.05) is 13.0 Å². The maximum Gasteiger partial charge on any atom is 0.227 e. The molecule has 2 heterocycles. The second-order valence-corrected chi connectivity index (χ2v) is 11.3. The molecule has 1 aromatic heterocycles. The summed E-state index contributed by atoms with van der Waals surface area (Å²) in [5.74, 6) is 0.545. The third-order valence-corrected chi connectivity index (χ3v) is 6.91. The summed E-state index contributed by atoms with van der Waals surface area (Å²) >= 11 is 6.16. The van der Waals surface area contributed by atoms with Crippen LogP contribution in [0.3, 0.4) is 0 Å². The van der Waals surface area contributed by atoms with Crippen LogP contribution in [-0.2, 0) is 15.3 Å². The van der Waals surface area contributed by atoms with E-state index in [2.05, 4.69) is 26.7 Å². The van der Waals surface area contributed by atoms with E-state index in [1.165, 1.54) is 0 Å². The predicted octanol–water partition coefficient (Wildman–Crippen LogP) is 3.51. The maximum absolute atomic E-state index is 11.4. The molecule has 35 heavy (non-hydrogen) atoms. The predicted molar refractivity (Wildman–Crippen MR) is 135 cm³/mol. The number of halogens is 1. The highest BCUT2D eigenvalue weighted by Crippen LogP contribution is 2.41. The molecule has 1 aliphatic heterocycles. The highest BCUT2D eigenvalue weighted by Gasteiger charge is 2.36. The number of hydrogen-bond acceptors (Lipinski definition) is 9. The van der Waals surface area contributed by atoms with Gasteiger partial charge in [-0.05, 0) is 42.0 Å². The van der Waals surface area contributed by atoms with Gasteiger partial charge >= 0.3 is 0 Å². The van der Waals surface area contributed by atoms with E-state index in [4.69, 9.17) is 16.3 Å². The number of nitrogens with one attached hydrogen (secondary N) is 2. The number of rotatable bonds is 8. The summed E-state index contributed by atoms with van der Waals surface area (Å²) in [4.78, 5) is 8.87. The molecule has 1 aliphatic rings. The molecule has 3 aromatic rings. The van der Waals surface area contributed by atoms with Crippen LogP contribution in [0.25, 0.3) is 11.3 Å². The van der Waals surface area contributed by atoms with Gasteiger partial charge in [0.2, 0.25) is 5.95 Å². The van der Waals surface area contributed by atoms with Crippen molar-refractivity contribution < 1.29 is 18.3 Å². The molecule has 0 fully saturated rings. The number of nitriles is 1. The Bertz CT molecular complexity index is 1420. The molecule has 0 amide bonds. The van der Waals surface area contributed by atoms with E-state index in [-0.39, 0.29) is 24.9 Å². The lowest BCUT2D eigenvalue weighted by Gasteiger charge is -2.21. The molecule has 11 heteroatoms. The van der Waals surface area contributed by atoms with Crippen LogP contribution in [-0.4, -0.2) is 55.3 Å². The zero-order chi connectivity index (χ0) is 25.2. The number of ether oxygens (including phenoxy) is 1. The fraction of sp³-hybridized carbons (Fsp3) is 0.292. The lowest BCUT2D eigenvalue weighted by atomic mass is 9.83. The summed E-state index contributed by atoms with van der Waals surface area (Å²) in [5, 5.41) is 26.4. The SMILES string of the molecule is C[C@]1(CO)CNc2c(C#N)cc(-c3ccnc(Nc4cc(Cl)ccc4OCCS(C)(=O)=O)n3)cc21. The van der Waals surface area contributed by atoms with Crippen molar-refractivity contribution >= 4 is 38.8 Å². The Morgan fingerprint density at radius 2 is 2.11 bits per heavy atom. The van der Waals surface area contributed by atoms with Crippen LogP contribution in [0.15, 0.2) is 42.6 Å². The molecule has 9 nitrogen and oxygen atoms in total. The number of aliphatic hydroxyl groups is 1. The van der Waals surface area contributed by atoms with Gasteiger partial charge in [0.05, 0.1) is 35.0 Å². The quantitative estimate of drug-likeness (QED) is 0.413. The minimum atomic E-state index is -3.17. The number of sulfone groups is 1. The Morgan fingerprint density at radius 1 is 1.31 bits per heavy atom. The molecule has 0 saturated carbocycles. The van der Waals surface area contributed by atoms with Crippen LogP contribution in [0, 0.1) is 11.3 Å². The van der Waals surface area contributed by atoms with Crippen molar-refractivity contribution in [3.63, 3.8) is 0 Å². The Morgan fingerprint density at radius 3 is 2.83 bits per heavy atom. The molecular formula is C24H24ClN5O4S. The Labute approximate surface area is 208 Å². The minimum absolute atomic E-state index is 0.0141. The van der Waals surface area contributed by atoms with Crippen LogP contribution in [0.5, 0.6) is 5.75 Å². The zero-order valence-electron chi connectivity index (χ0n) is 19.2. The molecule has 4 rings (SSSR count). The average molecular weight is 514 g/mol. The second kappa shape index (κ2) is 9.70. The summed E-state index contributed by atoms with van der Waals surface area (Å²) in [7, 11) is -3.17. The average Bonchev–Trinajstić information content (AvgIpc) is 3.16. The highest BCUT2D eigenvalue weighted by atomic mass is 35.5. The van der Waals surface area contributed by atoms with E-state index in [0.717, 1.165) is 17.5 Å². The molecule has 3 N–H and O–H groups in total. The highest BCUT2D eigenvalue weighted by molar-refractivity contribution is 7.90. The van der Waals surface area contributed by atoms with Gasteiger partial charge < -0.3 is 20.5 Å². The first-order valence-corrected chi connectivity index (χ1v) is 13.2. The van der Waals surface area contributed by atoms with Crippen molar-refractivity contribution in [1.82, 2.24) is 9.97 Å². The largest absolute Gasteiger partial charge is 0.490 e. The molecule has 0 spiro atoms. The molecule has 182 valence electrons. The van der Waals surface area contributed by atoms with Gasteiger partial charge in [-0.25, -0.2) is 18.4 Å². The van der Waals surface area contributed by atoms with Crippen molar-refractivity contribution in [1.29, 1.82) is 5.26 Å². The summed E-state index contributed by atoms with van der Waals surface area (Å²) in [5.41, 5.74) is 3.32.